The fraction of sp³-hybridized carbons (Fsp3) is 0.214. The molecular formula is C14H13ClN2O2. The number of ether oxygens (including phenoxy) is 2. The third-order valence-electron chi connectivity index (χ3n) is 3.06. The molecule has 0 bridgehead atoms. The third kappa shape index (κ3) is 2.37. The Hall–Kier alpha value is -1.78. The molecule has 1 aliphatic rings. The van der Waals surface area contributed by atoms with Crippen molar-refractivity contribution in [3.63, 3.8) is 0 Å². The molecule has 0 radical (unpaired) electrons. The van der Waals surface area contributed by atoms with Crippen molar-refractivity contribution in [3.8, 4) is 11.5 Å². The maximum absolute atomic E-state index is 6.24. The fourth-order valence-electron chi connectivity index (χ4n) is 2.07. The van der Waals surface area contributed by atoms with E-state index < -0.39 is 0 Å². The Morgan fingerprint density at radius 1 is 1.16 bits per heavy atom. The van der Waals surface area contributed by atoms with Crippen LogP contribution in [-0.4, -0.2) is 18.2 Å². The largest absolute Gasteiger partial charge is 0.486 e. The van der Waals surface area contributed by atoms with E-state index >= 15 is 0 Å². The van der Waals surface area contributed by atoms with Crippen LogP contribution in [0.4, 0.5) is 0 Å². The van der Waals surface area contributed by atoms with E-state index in [0.29, 0.717) is 18.2 Å². The van der Waals surface area contributed by atoms with Crippen LogP contribution in [0.2, 0.25) is 5.02 Å². The Labute approximate surface area is 116 Å². The average Bonchev–Trinajstić information content (AvgIpc) is 2.46. The number of hydrogen-bond donors (Lipinski definition) is 1. The number of benzene rings is 1. The van der Waals surface area contributed by atoms with Crippen LogP contribution >= 0.6 is 11.6 Å². The molecule has 0 spiro atoms. The van der Waals surface area contributed by atoms with Gasteiger partial charge in [0.25, 0.3) is 0 Å². The molecule has 3 rings (SSSR count). The van der Waals surface area contributed by atoms with Gasteiger partial charge in [-0.3, -0.25) is 4.98 Å². The predicted molar refractivity (Wildman–Crippen MR) is 72.7 cm³/mol. The fourth-order valence-corrected chi connectivity index (χ4v) is 2.31. The zero-order valence-electron chi connectivity index (χ0n) is 10.2. The molecule has 0 fully saturated rings. The second-order valence-corrected chi connectivity index (χ2v) is 4.69. The summed E-state index contributed by atoms with van der Waals surface area (Å²) in [6.45, 7) is 1.14. The van der Waals surface area contributed by atoms with Gasteiger partial charge in [0.1, 0.15) is 13.2 Å². The van der Waals surface area contributed by atoms with Crippen molar-refractivity contribution in [1.82, 2.24) is 4.98 Å². The van der Waals surface area contributed by atoms with Crippen molar-refractivity contribution in [2.45, 2.75) is 6.04 Å². The lowest BCUT2D eigenvalue weighted by Gasteiger charge is -2.21. The molecule has 2 N–H and O–H groups in total. The molecular weight excluding hydrogens is 264 g/mol. The number of nitrogens with two attached hydrogens (primary N) is 1. The summed E-state index contributed by atoms with van der Waals surface area (Å²) in [6, 6.07) is 7.21. The second kappa shape index (κ2) is 5.07. The van der Waals surface area contributed by atoms with Crippen LogP contribution in [0.5, 0.6) is 11.5 Å². The summed E-state index contributed by atoms with van der Waals surface area (Å²) in [5, 5.41) is 0.560. The lowest BCUT2D eigenvalue weighted by molar-refractivity contribution is 0.171. The number of halogens is 1. The first-order valence-electron chi connectivity index (χ1n) is 6.00. The molecule has 98 valence electrons. The van der Waals surface area contributed by atoms with E-state index in [1.165, 1.54) is 0 Å². The predicted octanol–water partition coefficient (Wildman–Crippen LogP) is 2.55. The second-order valence-electron chi connectivity index (χ2n) is 4.28. The Kier molecular flexibility index (Phi) is 3.27. The Morgan fingerprint density at radius 2 is 1.95 bits per heavy atom. The van der Waals surface area contributed by atoms with Crippen LogP contribution in [-0.2, 0) is 0 Å². The number of pyridine rings is 1. The van der Waals surface area contributed by atoms with Gasteiger partial charge in [0.15, 0.2) is 11.5 Å². The number of fused-ring (bicyclic) bond motifs is 1. The van der Waals surface area contributed by atoms with Crippen LogP contribution in [0, 0.1) is 0 Å². The van der Waals surface area contributed by atoms with E-state index in [2.05, 4.69) is 4.98 Å². The Bertz CT molecular complexity index is 604. The summed E-state index contributed by atoms with van der Waals surface area (Å²) in [5.41, 5.74) is 8.01. The smallest absolute Gasteiger partial charge is 0.161 e. The van der Waals surface area contributed by atoms with Crippen molar-refractivity contribution in [2.24, 2.45) is 5.73 Å². The summed E-state index contributed by atoms with van der Waals surface area (Å²) in [5.74, 6) is 1.48. The van der Waals surface area contributed by atoms with E-state index in [1.54, 1.807) is 12.4 Å². The number of hydrogen-bond acceptors (Lipinski definition) is 4. The quantitative estimate of drug-likeness (QED) is 0.916. The van der Waals surface area contributed by atoms with Crippen molar-refractivity contribution >= 4 is 11.6 Å². The lowest BCUT2D eigenvalue weighted by Crippen LogP contribution is -2.17. The maximum Gasteiger partial charge on any atom is 0.161 e. The average molecular weight is 277 g/mol. The summed E-state index contributed by atoms with van der Waals surface area (Å²) in [6.07, 6.45) is 3.27. The summed E-state index contributed by atoms with van der Waals surface area (Å²) < 4.78 is 11.0. The highest BCUT2D eigenvalue weighted by atomic mass is 35.5. The highest BCUT2D eigenvalue weighted by Crippen LogP contribution is 2.34. The molecule has 2 heterocycles. The molecule has 1 atom stereocenters. The summed E-state index contributed by atoms with van der Waals surface area (Å²) >= 11 is 6.11. The van der Waals surface area contributed by atoms with Crippen LogP contribution < -0.4 is 15.2 Å². The van der Waals surface area contributed by atoms with Crippen LogP contribution in [0.25, 0.3) is 0 Å². The topological polar surface area (TPSA) is 57.4 Å². The van der Waals surface area contributed by atoms with Gasteiger partial charge in [-0.25, -0.2) is 0 Å². The first-order chi connectivity index (χ1) is 9.25. The van der Waals surface area contributed by atoms with E-state index in [4.69, 9.17) is 26.8 Å². The molecule has 0 amide bonds. The Balaban J connectivity index is 1.96. The summed E-state index contributed by atoms with van der Waals surface area (Å²) in [7, 11) is 0. The van der Waals surface area contributed by atoms with Gasteiger partial charge in [-0.2, -0.15) is 0 Å². The van der Waals surface area contributed by atoms with Gasteiger partial charge in [-0.1, -0.05) is 17.7 Å². The lowest BCUT2D eigenvalue weighted by atomic mass is 10.00. The first-order valence-corrected chi connectivity index (χ1v) is 6.38. The molecule has 1 unspecified atom stereocenters. The SMILES string of the molecule is NC(c1ccc2c(c1)OCCO2)c1ccncc1Cl. The van der Waals surface area contributed by atoms with Gasteiger partial charge in [0.2, 0.25) is 0 Å². The highest BCUT2D eigenvalue weighted by molar-refractivity contribution is 6.31. The molecule has 5 heteroatoms. The molecule has 1 aliphatic heterocycles. The maximum atomic E-state index is 6.24. The van der Waals surface area contributed by atoms with Crippen molar-refractivity contribution in [3.05, 3.63) is 52.8 Å². The molecule has 2 aromatic rings. The minimum atomic E-state index is -0.314. The van der Waals surface area contributed by atoms with E-state index in [-0.39, 0.29) is 6.04 Å². The van der Waals surface area contributed by atoms with Gasteiger partial charge in [-0.05, 0) is 29.3 Å². The minimum absolute atomic E-state index is 0.314. The zero-order chi connectivity index (χ0) is 13.2. The first kappa shape index (κ1) is 12.3. The molecule has 1 aromatic carbocycles. The number of aromatic nitrogens is 1. The number of rotatable bonds is 2. The van der Waals surface area contributed by atoms with Gasteiger partial charge in [0.05, 0.1) is 11.1 Å². The van der Waals surface area contributed by atoms with Crippen LogP contribution in [0.3, 0.4) is 0 Å². The monoisotopic (exact) mass is 276 g/mol. The molecule has 1 aromatic heterocycles. The van der Waals surface area contributed by atoms with E-state index in [0.717, 1.165) is 22.6 Å². The molecule has 19 heavy (non-hydrogen) atoms. The molecule has 0 saturated carbocycles. The van der Waals surface area contributed by atoms with Crippen molar-refractivity contribution in [2.75, 3.05) is 13.2 Å². The minimum Gasteiger partial charge on any atom is -0.486 e. The summed E-state index contributed by atoms with van der Waals surface area (Å²) in [4.78, 5) is 3.96. The third-order valence-corrected chi connectivity index (χ3v) is 3.38. The molecule has 0 aliphatic carbocycles. The molecule has 4 nitrogen and oxygen atoms in total. The van der Waals surface area contributed by atoms with Crippen molar-refractivity contribution < 1.29 is 9.47 Å². The normalized spacial score (nSPS) is 15.1. The van der Waals surface area contributed by atoms with E-state index in [9.17, 15) is 0 Å². The number of nitrogens with zero attached hydrogens (tertiary/aromatic N) is 1. The van der Waals surface area contributed by atoms with Gasteiger partial charge in [-0.15, -0.1) is 0 Å². The van der Waals surface area contributed by atoms with E-state index in [1.807, 2.05) is 24.3 Å². The standard InChI is InChI=1S/C14H13ClN2O2/c15-11-8-17-4-3-10(11)14(16)9-1-2-12-13(7-9)19-6-5-18-12/h1-4,7-8,14H,5-6,16H2. The Morgan fingerprint density at radius 3 is 2.74 bits per heavy atom. The van der Waals surface area contributed by atoms with Crippen LogP contribution in [0.15, 0.2) is 36.7 Å². The van der Waals surface area contributed by atoms with Gasteiger partial charge in [0, 0.05) is 12.4 Å². The zero-order valence-corrected chi connectivity index (χ0v) is 10.9. The van der Waals surface area contributed by atoms with Crippen LogP contribution in [0.1, 0.15) is 17.2 Å². The van der Waals surface area contributed by atoms with Gasteiger partial charge >= 0.3 is 0 Å². The highest BCUT2D eigenvalue weighted by Gasteiger charge is 2.17. The van der Waals surface area contributed by atoms with Crippen molar-refractivity contribution in [1.29, 1.82) is 0 Å². The van der Waals surface area contributed by atoms with Gasteiger partial charge < -0.3 is 15.2 Å². The molecule has 0 saturated heterocycles.